The number of nitrogens with zero attached hydrogens (tertiary/aromatic N) is 3. The van der Waals surface area contributed by atoms with Crippen LogP contribution in [0.3, 0.4) is 0 Å². The zero-order valence-electron chi connectivity index (χ0n) is 19.5. The molecule has 0 saturated carbocycles. The molecule has 0 bridgehead atoms. The minimum Gasteiger partial charge on any atom is -0.466 e. The molecule has 0 spiro atoms. The average molecular weight is 448 g/mol. The van der Waals surface area contributed by atoms with E-state index in [1.54, 1.807) is 0 Å². The minimum absolute atomic E-state index is 0.0371. The number of esters is 1. The van der Waals surface area contributed by atoms with Gasteiger partial charge in [-0.1, -0.05) is 23.8 Å². The van der Waals surface area contributed by atoms with E-state index in [2.05, 4.69) is 46.2 Å². The fraction of sp³-hybridized carbons (Fsp3) is 0.481. The highest BCUT2D eigenvalue weighted by Crippen LogP contribution is 2.34. The number of carbonyl (C=O) groups excluding carboxylic acids is 1. The van der Waals surface area contributed by atoms with Gasteiger partial charge in [-0.2, -0.15) is 0 Å². The normalized spacial score (nSPS) is 19.3. The third-order valence-corrected chi connectivity index (χ3v) is 7.00. The number of hydrogen-bond acceptors (Lipinski definition) is 6. The zero-order chi connectivity index (χ0) is 22.6. The molecule has 5 rings (SSSR count). The molecule has 6 heteroatoms. The number of hydrogen-bond donors (Lipinski definition) is 0. The van der Waals surface area contributed by atoms with Crippen LogP contribution in [0.5, 0.6) is 0 Å². The van der Waals surface area contributed by atoms with Gasteiger partial charge in [-0.05, 0) is 49.9 Å². The largest absolute Gasteiger partial charge is 0.466 e. The molecule has 2 fully saturated rings. The second-order valence-corrected chi connectivity index (χ2v) is 9.16. The van der Waals surface area contributed by atoms with Crippen LogP contribution in [0, 0.1) is 5.92 Å². The highest BCUT2D eigenvalue weighted by Gasteiger charge is 2.26. The van der Waals surface area contributed by atoms with E-state index in [0.29, 0.717) is 6.61 Å². The van der Waals surface area contributed by atoms with E-state index in [4.69, 9.17) is 14.5 Å². The van der Waals surface area contributed by atoms with Crippen molar-refractivity contribution in [3.05, 3.63) is 53.2 Å². The molecular formula is C27H33N3O3. The number of piperidine rings is 1. The molecule has 6 nitrogen and oxygen atoms in total. The SMILES string of the molecule is CCOC(=O)C1CCN(c2ccc(-c3nccc4c3C=C(CN3CCOCC3)C4)cc2)CC1. The lowest BCUT2D eigenvalue weighted by Gasteiger charge is -2.32. The number of pyridine rings is 1. The fourth-order valence-corrected chi connectivity index (χ4v) is 5.17. The molecule has 2 saturated heterocycles. The molecule has 33 heavy (non-hydrogen) atoms. The van der Waals surface area contributed by atoms with E-state index in [1.807, 2.05) is 13.1 Å². The molecule has 0 N–H and O–H groups in total. The summed E-state index contributed by atoms with van der Waals surface area (Å²) in [6, 6.07) is 10.9. The maximum absolute atomic E-state index is 12.0. The molecule has 174 valence electrons. The highest BCUT2D eigenvalue weighted by molar-refractivity contribution is 5.79. The van der Waals surface area contributed by atoms with E-state index >= 15 is 0 Å². The van der Waals surface area contributed by atoms with Gasteiger partial charge in [0.05, 0.1) is 31.4 Å². The smallest absolute Gasteiger partial charge is 0.309 e. The lowest BCUT2D eigenvalue weighted by molar-refractivity contribution is -0.148. The van der Waals surface area contributed by atoms with Gasteiger partial charge in [-0.25, -0.2) is 0 Å². The molecule has 1 aromatic carbocycles. The Hall–Kier alpha value is -2.70. The molecule has 1 aliphatic carbocycles. The first-order valence-corrected chi connectivity index (χ1v) is 12.2. The summed E-state index contributed by atoms with van der Waals surface area (Å²) in [6.45, 7) is 8.80. The summed E-state index contributed by atoms with van der Waals surface area (Å²) < 4.78 is 10.7. The molecule has 2 aromatic rings. The van der Waals surface area contributed by atoms with E-state index < -0.39 is 0 Å². The number of carbonyl (C=O) groups is 1. The third-order valence-electron chi connectivity index (χ3n) is 7.00. The van der Waals surface area contributed by atoms with Gasteiger partial charge in [-0.3, -0.25) is 14.7 Å². The van der Waals surface area contributed by atoms with Gasteiger partial charge >= 0.3 is 5.97 Å². The molecule has 0 unspecified atom stereocenters. The number of benzene rings is 1. The Morgan fingerprint density at radius 2 is 1.85 bits per heavy atom. The molecule has 3 aliphatic rings. The van der Waals surface area contributed by atoms with Crippen LogP contribution in [0.1, 0.15) is 30.9 Å². The Morgan fingerprint density at radius 1 is 1.09 bits per heavy atom. The van der Waals surface area contributed by atoms with Crippen LogP contribution in [0.4, 0.5) is 5.69 Å². The number of anilines is 1. The Balaban J connectivity index is 1.26. The number of ether oxygens (including phenoxy) is 2. The molecule has 2 aliphatic heterocycles. The number of fused-ring (bicyclic) bond motifs is 1. The molecule has 0 radical (unpaired) electrons. The second-order valence-electron chi connectivity index (χ2n) is 9.16. The standard InChI is InChI=1S/C27H33N3O3/c1-2-33-27(31)22-8-11-30(12-9-22)24-5-3-21(4-6-24)26-25-18-20(17-23(25)7-10-28-26)19-29-13-15-32-16-14-29/h3-7,10,18,22H,2,8-9,11-17,19H2,1H3. The highest BCUT2D eigenvalue weighted by atomic mass is 16.5. The summed E-state index contributed by atoms with van der Waals surface area (Å²) in [5.41, 5.74) is 7.52. The van der Waals surface area contributed by atoms with Crippen LogP contribution in [0.15, 0.2) is 42.1 Å². The molecule has 3 heterocycles. The van der Waals surface area contributed by atoms with Crippen molar-refractivity contribution in [1.82, 2.24) is 9.88 Å². The van der Waals surface area contributed by atoms with Gasteiger partial charge in [0.15, 0.2) is 0 Å². The van der Waals surface area contributed by atoms with Crippen LogP contribution >= 0.6 is 0 Å². The summed E-state index contributed by atoms with van der Waals surface area (Å²) in [4.78, 5) is 21.6. The summed E-state index contributed by atoms with van der Waals surface area (Å²) >= 11 is 0. The summed E-state index contributed by atoms with van der Waals surface area (Å²) in [6.07, 6.45) is 7.00. The third kappa shape index (κ3) is 4.97. The van der Waals surface area contributed by atoms with Crippen molar-refractivity contribution in [2.24, 2.45) is 5.92 Å². The van der Waals surface area contributed by atoms with Crippen LogP contribution in [0.25, 0.3) is 17.3 Å². The molecule has 0 amide bonds. The van der Waals surface area contributed by atoms with Crippen molar-refractivity contribution < 1.29 is 14.3 Å². The monoisotopic (exact) mass is 447 g/mol. The van der Waals surface area contributed by atoms with Gasteiger partial charge in [0.25, 0.3) is 0 Å². The second kappa shape index (κ2) is 10.1. The molecule has 1 aromatic heterocycles. The fourth-order valence-electron chi connectivity index (χ4n) is 5.17. The van der Waals surface area contributed by atoms with Crippen LogP contribution in [0.2, 0.25) is 0 Å². The van der Waals surface area contributed by atoms with Crippen molar-refractivity contribution in [3.63, 3.8) is 0 Å². The zero-order valence-corrected chi connectivity index (χ0v) is 19.5. The van der Waals surface area contributed by atoms with Crippen molar-refractivity contribution >= 4 is 17.7 Å². The average Bonchev–Trinajstić information content (AvgIpc) is 3.27. The first-order chi connectivity index (χ1) is 16.2. The van der Waals surface area contributed by atoms with E-state index in [-0.39, 0.29) is 11.9 Å². The quantitative estimate of drug-likeness (QED) is 0.628. The maximum Gasteiger partial charge on any atom is 0.309 e. The van der Waals surface area contributed by atoms with Gasteiger partial charge in [0.2, 0.25) is 0 Å². The first kappa shape index (κ1) is 22.1. The van der Waals surface area contributed by atoms with E-state index in [0.717, 1.165) is 76.5 Å². The van der Waals surface area contributed by atoms with E-state index in [9.17, 15) is 4.79 Å². The van der Waals surface area contributed by atoms with Crippen molar-refractivity contribution in [1.29, 1.82) is 0 Å². The van der Waals surface area contributed by atoms with Crippen molar-refractivity contribution in [2.75, 3.05) is 57.4 Å². The minimum atomic E-state index is -0.0439. The Kier molecular flexibility index (Phi) is 6.74. The topological polar surface area (TPSA) is 54.9 Å². The van der Waals surface area contributed by atoms with E-state index in [1.165, 1.54) is 22.4 Å². The predicted molar refractivity (Wildman–Crippen MR) is 130 cm³/mol. The number of morpholine rings is 1. The summed E-state index contributed by atoms with van der Waals surface area (Å²) in [7, 11) is 0. The van der Waals surface area contributed by atoms with Crippen LogP contribution < -0.4 is 4.90 Å². The van der Waals surface area contributed by atoms with Crippen LogP contribution in [-0.2, 0) is 20.7 Å². The van der Waals surface area contributed by atoms with Gasteiger partial charge in [0.1, 0.15) is 0 Å². The predicted octanol–water partition coefficient (Wildman–Crippen LogP) is 3.80. The van der Waals surface area contributed by atoms with Gasteiger partial charge in [-0.15, -0.1) is 0 Å². The summed E-state index contributed by atoms with van der Waals surface area (Å²) in [5, 5.41) is 0. The Bertz CT molecular complexity index is 1000. The van der Waals surface area contributed by atoms with Crippen LogP contribution in [-0.4, -0.2) is 68.4 Å². The van der Waals surface area contributed by atoms with Crippen molar-refractivity contribution in [3.8, 4) is 11.3 Å². The lowest BCUT2D eigenvalue weighted by atomic mass is 9.96. The lowest BCUT2D eigenvalue weighted by Crippen LogP contribution is -2.37. The Morgan fingerprint density at radius 3 is 2.58 bits per heavy atom. The maximum atomic E-state index is 12.0. The Labute approximate surface area is 196 Å². The summed E-state index contributed by atoms with van der Waals surface area (Å²) in [5.74, 6) is -0.00688. The van der Waals surface area contributed by atoms with Crippen molar-refractivity contribution in [2.45, 2.75) is 26.2 Å². The molecular weight excluding hydrogens is 414 g/mol. The van der Waals surface area contributed by atoms with Gasteiger partial charge < -0.3 is 14.4 Å². The number of rotatable bonds is 6. The van der Waals surface area contributed by atoms with Gasteiger partial charge in [0, 0.05) is 55.7 Å². The number of aromatic nitrogens is 1. The first-order valence-electron chi connectivity index (χ1n) is 12.2. The molecule has 0 atom stereocenters.